The van der Waals surface area contributed by atoms with Gasteiger partial charge in [-0.25, -0.2) is 9.97 Å². The molecule has 2 N–H and O–H groups in total. The highest BCUT2D eigenvalue weighted by Crippen LogP contribution is 2.31. The average Bonchev–Trinajstić information content (AvgIpc) is 3.19. The number of amides is 1. The third-order valence-electron chi connectivity index (χ3n) is 3.77. The van der Waals surface area contributed by atoms with Crippen molar-refractivity contribution in [2.75, 3.05) is 13.1 Å². The van der Waals surface area contributed by atoms with Gasteiger partial charge in [-0.2, -0.15) is 0 Å². The van der Waals surface area contributed by atoms with E-state index in [0.717, 1.165) is 23.9 Å². The average molecular weight is 334 g/mol. The standard InChI is InChI=1S/C16H18ClN5O.H2/c1-3-5-22(4-2)16(23)12-6-10(7-18-12)14-13-11(17)8-19-15(13)21-9-20-14;/h6-9,18H,3-5H2,1-2H3,(H,19,20,21);1H. The Labute approximate surface area is 140 Å². The quantitative estimate of drug-likeness (QED) is 0.746. The molecule has 0 aliphatic heterocycles. The van der Waals surface area contributed by atoms with E-state index in [9.17, 15) is 4.79 Å². The molecule has 3 heterocycles. The van der Waals surface area contributed by atoms with E-state index in [1.807, 2.05) is 17.9 Å². The summed E-state index contributed by atoms with van der Waals surface area (Å²) in [7, 11) is 0. The predicted molar refractivity (Wildman–Crippen MR) is 92.7 cm³/mol. The summed E-state index contributed by atoms with van der Waals surface area (Å²) >= 11 is 6.21. The van der Waals surface area contributed by atoms with E-state index in [4.69, 9.17) is 11.6 Å². The molecule has 23 heavy (non-hydrogen) atoms. The lowest BCUT2D eigenvalue weighted by Crippen LogP contribution is -2.31. The Morgan fingerprint density at radius 1 is 1.30 bits per heavy atom. The summed E-state index contributed by atoms with van der Waals surface area (Å²) in [5.41, 5.74) is 2.74. The molecule has 0 aromatic carbocycles. The Bertz CT molecular complexity index is 844. The number of hydrogen-bond donors (Lipinski definition) is 2. The molecule has 0 spiro atoms. The number of fused-ring (bicyclic) bond motifs is 1. The summed E-state index contributed by atoms with van der Waals surface area (Å²) in [5.74, 6) is -0.00827. The number of rotatable bonds is 5. The van der Waals surface area contributed by atoms with E-state index in [-0.39, 0.29) is 7.33 Å². The van der Waals surface area contributed by atoms with Gasteiger partial charge in [-0.1, -0.05) is 18.5 Å². The van der Waals surface area contributed by atoms with Crippen molar-refractivity contribution in [3.8, 4) is 11.3 Å². The minimum absolute atomic E-state index is 0. The number of aromatic amines is 2. The Hall–Kier alpha value is -2.34. The fraction of sp³-hybridized carbons (Fsp3) is 0.312. The van der Waals surface area contributed by atoms with Crippen molar-refractivity contribution in [1.82, 2.24) is 24.8 Å². The first-order valence-corrected chi connectivity index (χ1v) is 7.99. The molecule has 0 aliphatic rings. The van der Waals surface area contributed by atoms with Gasteiger partial charge in [0, 0.05) is 32.5 Å². The molecule has 7 heteroatoms. The number of H-pyrrole nitrogens is 2. The summed E-state index contributed by atoms with van der Waals surface area (Å²) in [6.07, 6.45) is 5.87. The van der Waals surface area contributed by atoms with E-state index >= 15 is 0 Å². The predicted octanol–water partition coefficient (Wildman–Crippen LogP) is 3.72. The van der Waals surface area contributed by atoms with Crippen molar-refractivity contribution in [1.29, 1.82) is 0 Å². The number of nitrogens with zero attached hydrogens (tertiary/aromatic N) is 3. The van der Waals surface area contributed by atoms with Gasteiger partial charge in [0.2, 0.25) is 0 Å². The second kappa shape index (κ2) is 6.42. The molecule has 0 saturated heterocycles. The summed E-state index contributed by atoms with van der Waals surface area (Å²) in [5, 5.41) is 1.32. The highest BCUT2D eigenvalue weighted by Gasteiger charge is 2.18. The van der Waals surface area contributed by atoms with Gasteiger partial charge < -0.3 is 14.9 Å². The van der Waals surface area contributed by atoms with Crippen molar-refractivity contribution < 1.29 is 6.22 Å². The molecular weight excluding hydrogens is 314 g/mol. The Morgan fingerprint density at radius 3 is 2.87 bits per heavy atom. The van der Waals surface area contributed by atoms with Gasteiger partial charge >= 0.3 is 0 Å². The number of hydrogen-bond acceptors (Lipinski definition) is 3. The van der Waals surface area contributed by atoms with Crippen LogP contribution in [0.1, 0.15) is 32.2 Å². The second-order valence-corrected chi connectivity index (χ2v) is 5.68. The first-order chi connectivity index (χ1) is 11.2. The number of nitrogens with one attached hydrogen (secondary N) is 2. The molecule has 3 aromatic rings. The molecule has 0 fully saturated rings. The van der Waals surface area contributed by atoms with Crippen LogP contribution >= 0.6 is 11.6 Å². The molecule has 0 unspecified atom stereocenters. The van der Waals surface area contributed by atoms with Gasteiger partial charge in [-0.05, 0) is 19.4 Å². The van der Waals surface area contributed by atoms with Crippen molar-refractivity contribution in [3.05, 3.63) is 35.5 Å². The fourth-order valence-corrected chi connectivity index (χ4v) is 2.88. The summed E-state index contributed by atoms with van der Waals surface area (Å²) in [6, 6.07) is 1.81. The van der Waals surface area contributed by atoms with E-state index in [1.54, 1.807) is 12.4 Å². The smallest absolute Gasteiger partial charge is 0.270 e. The number of aromatic nitrogens is 4. The van der Waals surface area contributed by atoms with Crippen LogP contribution in [0.25, 0.3) is 22.3 Å². The Morgan fingerprint density at radius 2 is 2.13 bits per heavy atom. The molecular formula is C16H20ClN5O. The highest BCUT2D eigenvalue weighted by atomic mass is 35.5. The molecule has 3 aromatic heterocycles. The summed E-state index contributed by atoms with van der Waals surface area (Å²) in [4.78, 5) is 28.9. The van der Waals surface area contributed by atoms with Gasteiger partial charge in [0.15, 0.2) is 0 Å². The van der Waals surface area contributed by atoms with Crippen LogP contribution in [0.3, 0.4) is 0 Å². The lowest BCUT2D eigenvalue weighted by Gasteiger charge is -2.18. The first kappa shape index (κ1) is 15.6. The van der Waals surface area contributed by atoms with Crippen LogP contribution in [-0.4, -0.2) is 43.8 Å². The Kier molecular flexibility index (Phi) is 4.34. The third kappa shape index (κ3) is 2.82. The van der Waals surface area contributed by atoms with Crippen molar-refractivity contribution in [2.45, 2.75) is 20.3 Å². The van der Waals surface area contributed by atoms with Gasteiger partial charge in [0.1, 0.15) is 17.7 Å². The van der Waals surface area contributed by atoms with Crippen LogP contribution in [0.5, 0.6) is 0 Å². The largest absolute Gasteiger partial charge is 0.357 e. The van der Waals surface area contributed by atoms with Crippen LogP contribution in [0.2, 0.25) is 5.02 Å². The lowest BCUT2D eigenvalue weighted by atomic mass is 10.1. The number of carbonyl (C=O) groups excluding carboxylic acids is 1. The van der Waals surface area contributed by atoms with Gasteiger partial charge in [-0.15, -0.1) is 0 Å². The molecule has 3 rings (SSSR count). The van der Waals surface area contributed by atoms with Gasteiger partial charge in [-0.3, -0.25) is 4.79 Å². The number of halogens is 1. The maximum Gasteiger partial charge on any atom is 0.270 e. The van der Waals surface area contributed by atoms with Crippen molar-refractivity contribution in [2.24, 2.45) is 0 Å². The van der Waals surface area contributed by atoms with E-state index in [1.165, 1.54) is 6.33 Å². The molecule has 0 atom stereocenters. The summed E-state index contributed by atoms with van der Waals surface area (Å²) < 4.78 is 0. The van der Waals surface area contributed by atoms with Gasteiger partial charge in [0.25, 0.3) is 5.91 Å². The molecule has 6 nitrogen and oxygen atoms in total. The summed E-state index contributed by atoms with van der Waals surface area (Å²) in [6.45, 7) is 5.46. The van der Waals surface area contributed by atoms with Gasteiger partial charge in [0.05, 0.1) is 16.1 Å². The highest BCUT2D eigenvalue weighted by molar-refractivity contribution is 6.36. The molecule has 0 bridgehead atoms. The number of carbonyl (C=O) groups is 1. The van der Waals surface area contributed by atoms with Crippen molar-refractivity contribution >= 4 is 28.5 Å². The van der Waals surface area contributed by atoms with Crippen LogP contribution in [-0.2, 0) is 0 Å². The zero-order chi connectivity index (χ0) is 16.4. The maximum absolute atomic E-state index is 12.5. The fourth-order valence-electron chi connectivity index (χ4n) is 2.64. The van der Waals surface area contributed by atoms with Crippen LogP contribution in [0, 0.1) is 0 Å². The van der Waals surface area contributed by atoms with E-state index < -0.39 is 0 Å². The molecule has 1 amide bonds. The van der Waals surface area contributed by atoms with Crippen LogP contribution in [0.4, 0.5) is 0 Å². The topological polar surface area (TPSA) is 77.7 Å². The normalized spacial score (nSPS) is 11.1. The van der Waals surface area contributed by atoms with E-state index in [0.29, 0.717) is 28.6 Å². The maximum atomic E-state index is 12.5. The van der Waals surface area contributed by atoms with Crippen molar-refractivity contribution in [3.63, 3.8) is 0 Å². The molecule has 0 radical (unpaired) electrons. The molecule has 0 aliphatic carbocycles. The zero-order valence-corrected chi connectivity index (χ0v) is 13.8. The lowest BCUT2D eigenvalue weighted by molar-refractivity contribution is 0.0759. The molecule has 122 valence electrons. The van der Waals surface area contributed by atoms with Crippen LogP contribution in [0.15, 0.2) is 24.8 Å². The second-order valence-electron chi connectivity index (χ2n) is 5.27. The zero-order valence-electron chi connectivity index (χ0n) is 13.1. The Balaban J connectivity index is 0.00000208. The van der Waals surface area contributed by atoms with E-state index in [2.05, 4.69) is 26.9 Å². The molecule has 0 saturated carbocycles. The minimum Gasteiger partial charge on any atom is -0.357 e. The first-order valence-electron chi connectivity index (χ1n) is 7.61. The SMILES string of the molecule is CCCN(CC)C(=O)c1cc(-c2ncnc3[nH]cc(Cl)c23)c[nH]1.[HH]. The minimum atomic E-state index is -0.00827. The monoisotopic (exact) mass is 333 g/mol. The third-order valence-corrected chi connectivity index (χ3v) is 4.07. The van der Waals surface area contributed by atoms with Crippen LogP contribution < -0.4 is 0 Å².